The second kappa shape index (κ2) is 10.7. The van der Waals surface area contributed by atoms with Crippen LogP contribution in [0.4, 0.5) is 0 Å². The third-order valence-electron chi connectivity index (χ3n) is 9.28. The number of methoxy groups -OCH3 is 1. The van der Waals surface area contributed by atoms with E-state index < -0.39 is 15.3 Å². The Balaban J connectivity index is 1.55. The molecule has 0 aromatic heterocycles. The molecule has 1 heterocycles. The lowest BCUT2D eigenvalue weighted by Gasteiger charge is -2.55. The fourth-order valence-electron chi connectivity index (χ4n) is 7.37. The lowest BCUT2D eigenvalue weighted by molar-refractivity contribution is -0.155. The molecule has 0 aromatic carbocycles. The van der Waals surface area contributed by atoms with Crippen LogP contribution in [0.5, 0.6) is 0 Å². The van der Waals surface area contributed by atoms with E-state index in [2.05, 4.69) is 11.8 Å². The van der Waals surface area contributed by atoms with Crippen LogP contribution in [-0.2, 0) is 24.3 Å². The fourth-order valence-corrected chi connectivity index (χ4v) is 9.59. The van der Waals surface area contributed by atoms with Gasteiger partial charge in [-0.2, -0.15) is 0 Å². The average molecular weight is 512 g/mol. The second-order valence-electron chi connectivity index (χ2n) is 11.3. The van der Waals surface area contributed by atoms with E-state index in [1.807, 2.05) is 18.7 Å². The Hall–Kier alpha value is -1.19. The molecule has 0 bridgehead atoms. The van der Waals surface area contributed by atoms with Gasteiger partial charge < -0.3 is 14.5 Å². The predicted octanol–water partition coefficient (Wildman–Crippen LogP) is 2.87. The van der Waals surface area contributed by atoms with Crippen LogP contribution < -0.4 is 0 Å². The topological polar surface area (TPSA) is 87.2 Å². The van der Waals surface area contributed by atoms with Crippen molar-refractivity contribution in [2.24, 2.45) is 17.8 Å². The first-order valence-corrected chi connectivity index (χ1v) is 15.2. The molecule has 0 spiro atoms. The quantitative estimate of drug-likeness (QED) is 0.525. The van der Waals surface area contributed by atoms with E-state index in [4.69, 9.17) is 4.74 Å². The van der Waals surface area contributed by atoms with Gasteiger partial charge in [-0.1, -0.05) is 13.8 Å². The number of piperazine rings is 1. The first-order chi connectivity index (χ1) is 16.6. The molecule has 9 heteroatoms. The van der Waals surface area contributed by atoms with Crippen molar-refractivity contribution < 1.29 is 22.7 Å². The maximum atomic E-state index is 13.5. The molecule has 0 aromatic rings. The van der Waals surface area contributed by atoms with Crippen LogP contribution >= 0.6 is 0 Å². The zero-order chi connectivity index (χ0) is 25.5. The van der Waals surface area contributed by atoms with Crippen molar-refractivity contribution in [3.05, 3.63) is 0 Å². The van der Waals surface area contributed by atoms with Gasteiger partial charge in [-0.25, -0.2) is 12.7 Å². The molecule has 3 aliphatic carbocycles. The van der Waals surface area contributed by atoms with Crippen molar-refractivity contribution in [2.75, 3.05) is 26.7 Å². The summed E-state index contributed by atoms with van der Waals surface area (Å²) in [5.74, 6) is 1.17. The maximum Gasteiger partial charge on any atom is 0.226 e. The van der Waals surface area contributed by atoms with Crippen molar-refractivity contribution in [1.29, 1.82) is 0 Å². The summed E-state index contributed by atoms with van der Waals surface area (Å²) in [4.78, 5) is 29.9. The van der Waals surface area contributed by atoms with Crippen molar-refractivity contribution in [3.63, 3.8) is 0 Å². The number of ether oxygens (including phenoxy) is 1. The standard InChI is InChI=1S/C26H45N3O5S/c1-6-27(7-2)35(32,33)25-15-21(11-13-24(25)34-5)20-10-12-22-23(14-20)28(26(31)19-8-9-19)16-17(3)29(22)18(4)30/h17,19-25H,6-16H2,1-5H3. The largest absolute Gasteiger partial charge is 0.380 e. The van der Waals surface area contributed by atoms with Crippen LogP contribution in [0.3, 0.4) is 0 Å². The molecule has 200 valence electrons. The van der Waals surface area contributed by atoms with Crippen molar-refractivity contribution >= 4 is 21.8 Å². The van der Waals surface area contributed by atoms with Gasteiger partial charge in [-0.15, -0.1) is 0 Å². The third kappa shape index (κ3) is 5.14. The molecule has 1 saturated heterocycles. The number of carbonyl (C=O) groups excluding carboxylic acids is 2. The summed E-state index contributed by atoms with van der Waals surface area (Å²) in [5, 5.41) is -0.520. The molecule has 3 saturated carbocycles. The van der Waals surface area contributed by atoms with E-state index >= 15 is 0 Å². The van der Waals surface area contributed by atoms with Crippen molar-refractivity contribution in [2.45, 2.75) is 109 Å². The highest BCUT2D eigenvalue weighted by Crippen LogP contribution is 2.45. The second-order valence-corrected chi connectivity index (χ2v) is 13.4. The molecular formula is C26H45N3O5S. The summed E-state index contributed by atoms with van der Waals surface area (Å²) in [6.07, 6.45) is 6.72. The van der Waals surface area contributed by atoms with Gasteiger partial charge in [0.25, 0.3) is 0 Å². The molecule has 2 amide bonds. The van der Waals surface area contributed by atoms with E-state index in [0.717, 1.165) is 44.9 Å². The number of fused-ring (bicyclic) bond motifs is 1. The van der Waals surface area contributed by atoms with Crippen LogP contribution in [0, 0.1) is 17.8 Å². The fraction of sp³-hybridized carbons (Fsp3) is 0.923. The summed E-state index contributed by atoms with van der Waals surface area (Å²) in [6.45, 7) is 9.04. The van der Waals surface area contributed by atoms with Crippen LogP contribution in [0.25, 0.3) is 0 Å². The van der Waals surface area contributed by atoms with Crippen LogP contribution in [0.2, 0.25) is 0 Å². The Kier molecular flexibility index (Phi) is 8.18. The summed E-state index contributed by atoms with van der Waals surface area (Å²) in [7, 11) is -1.82. The Bertz CT molecular complexity index is 887. The number of sulfonamides is 1. The van der Waals surface area contributed by atoms with Crippen LogP contribution in [0.1, 0.15) is 79.1 Å². The molecule has 1 aliphatic heterocycles. The Labute approximate surface area is 211 Å². The zero-order valence-electron chi connectivity index (χ0n) is 22.2. The summed E-state index contributed by atoms with van der Waals surface area (Å²) < 4.78 is 34.3. The SMILES string of the molecule is CCN(CC)S(=O)(=O)C1CC(C2CCC3C(C2)N(C(=O)C2CC2)CC(C)N3C(C)=O)CCC1OC. The predicted molar refractivity (Wildman–Crippen MR) is 135 cm³/mol. The molecule has 8 nitrogen and oxygen atoms in total. The van der Waals surface area contributed by atoms with Gasteiger partial charge in [-0.3, -0.25) is 9.59 Å². The highest BCUT2D eigenvalue weighted by atomic mass is 32.2. The van der Waals surface area contributed by atoms with Crippen LogP contribution in [0.15, 0.2) is 0 Å². The molecule has 35 heavy (non-hydrogen) atoms. The molecule has 0 radical (unpaired) electrons. The highest BCUT2D eigenvalue weighted by molar-refractivity contribution is 7.89. The number of carbonyl (C=O) groups is 2. The van der Waals surface area contributed by atoms with E-state index in [9.17, 15) is 18.0 Å². The van der Waals surface area contributed by atoms with E-state index in [-0.39, 0.29) is 42.0 Å². The maximum absolute atomic E-state index is 13.5. The van der Waals surface area contributed by atoms with Gasteiger partial charge in [-0.05, 0) is 70.1 Å². The number of hydrogen-bond donors (Lipinski definition) is 0. The average Bonchev–Trinajstić information content (AvgIpc) is 3.68. The van der Waals surface area contributed by atoms with Crippen molar-refractivity contribution in [3.8, 4) is 0 Å². The highest BCUT2D eigenvalue weighted by Gasteiger charge is 2.51. The molecule has 4 rings (SSSR count). The molecule has 7 atom stereocenters. The molecule has 7 unspecified atom stereocenters. The summed E-state index contributed by atoms with van der Waals surface area (Å²) >= 11 is 0. The Morgan fingerprint density at radius 2 is 1.57 bits per heavy atom. The first kappa shape index (κ1) is 26.9. The Morgan fingerprint density at radius 3 is 2.14 bits per heavy atom. The number of rotatable bonds is 7. The van der Waals surface area contributed by atoms with Gasteiger partial charge in [0.2, 0.25) is 21.8 Å². The monoisotopic (exact) mass is 511 g/mol. The number of nitrogens with zero attached hydrogens (tertiary/aromatic N) is 3. The number of amides is 2. The first-order valence-electron chi connectivity index (χ1n) is 13.7. The Morgan fingerprint density at radius 1 is 0.943 bits per heavy atom. The number of hydrogen-bond acceptors (Lipinski definition) is 5. The normalized spacial score (nSPS) is 36.2. The summed E-state index contributed by atoms with van der Waals surface area (Å²) in [5.41, 5.74) is 0. The minimum atomic E-state index is -3.44. The van der Waals surface area contributed by atoms with E-state index in [0.29, 0.717) is 37.9 Å². The molecule has 4 fully saturated rings. The van der Waals surface area contributed by atoms with E-state index in [1.54, 1.807) is 18.3 Å². The third-order valence-corrected chi connectivity index (χ3v) is 11.8. The lowest BCUT2D eigenvalue weighted by atomic mass is 9.69. The smallest absolute Gasteiger partial charge is 0.226 e. The van der Waals surface area contributed by atoms with Crippen molar-refractivity contribution in [1.82, 2.24) is 14.1 Å². The van der Waals surface area contributed by atoms with Gasteiger partial charge in [0.15, 0.2) is 0 Å². The van der Waals surface area contributed by atoms with Gasteiger partial charge in [0.1, 0.15) is 5.25 Å². The van der Waals surface area contributed by atoms with Gasteiger partial charge in [0.05, 0.1) is 18.2 Å². The van der Waals surface area contributed by atoms with Crippen LogP contribution in [-0.4, -0.2) is 90.6 Å². The molecule has 0 N–H and O–H groups in total. The molecule has 4 aliphatic rings. The minimum absolute atomic E-state index is 0.0359. The van der Waals surface area contributed by atoms with Gasteiger partial charge >= 0.3 is 0 Å². The zero-order valence-corrected chi connectivity index (χ0v) is 23.0. The van der Waals surface area contributed by atoms with E-state index in [1.165, 1.54) is 0 Å². The lowest BCUT2D eigenvalue weighted by Crippen LogP contribution is -2.67. The van der Waals surface area contributed by atoms with Gasteiger partial charge in [0, 0.05) is 45.6 Å². The molecular weight excluding hydrogens is 466 g/mol. The summed E-state index contributed by atoms with van der Waals surface area (Å²) in [6, 6.07) is 0.148. The minimum Gasteiger partial charge on any atom is -0.380 e.